The van der Waals surface area contributed by atoms with Gasteiger partial charge in [-0.3, -0.25) is 4.79 Å². The molecule has 0 bridgehead atoms. The van der Waals surface area contributed by atoms with Crippen LogP contribution in [0.5, 0.6) is 0 Å². The molecule has 2 rings (SSSR count). The Labute approximate surface area is 124 Å². The van der Waals surface area contributed by atoms with E-state index in [1.165, 1.54) is 11.6 Å². The van der Waals surface area contributed by atoms with Crippen LogP contribution in [0, 0.1) is 26.6 Å². The maximum Gasteiger partial charge on any atom is 0.243 e. The van der Waals surface area contributed by atoms with Crippen molar-refractivity contribution in [2.24, 2.45) is 0 Å². The lowest BCUT2D eigenvalue weighted by Gasteiger charge is -2.10. The van der Waals surface area contributed by atoms with E-state index in [1.54, 1.807) is 19.1 Å². The summed E-state index contributed by atoms with van der Waals surface area (Å²) in [6, 6.07) is 10.6. The van der Waals surface area contributed by atoms with E-state index in [2.05, 4.69) is 10.6 Å². The summed E-state index contributed by atoms with van der Waals surface area (Å²) < 4.78 is 13.4. The van der Waals surface area contributed by atoms with Crippen molar-refractivity contribution in [1.29, 1.82) is 0 Å². The van der Waals surface area contributed by atoms with Gasteiger partial charge in [0.1, 0.15) is 5.82 Å². The molecule has 0 saturated carbocycles. The zero-order valence-corrected chi connectivity index (χ0v) is 12.5. The van der Waals surface area contributed by atoms with Crippen LogP contribution in [-0.2, 0) is 4.79 Å². The van der Waals surface area contributed by atoms with Crippen LogP contribution in [0.1, 0.15) is 16.7 Å². The molecule has 0 aliphatic heterocycles. The predicted molar refractivity (Wildman–Crippen MR) is 84.2 cm³/mol. The molecule has 0 radical (unpaired) electrons. The Morgan fingerprint density at radius 3 is 2.29 bits per heavy atom. The smallest absolute Gasteiger partial charge is 0.243 e. The average Bonchev–Trinajstić information content (AvgIpc) is 2.44. The lowest BCUT2D eigenvalue weighted by molar-refractivity contribution is -0.114. The first-order valence-corrected chi connectivity index (χ1v) is 6.83. The van der Waals surface area contributed by atoms with E-state index >= 15 is 0 Å². The van der Waals surface area contributed by atoms with E-state index < -0.39 is 0 Å². The molecule has 0 saturated heterocycles. The van der Waals surface area contributed by atoms with Crippen molar-refractivity contribution in [2.75, 3.05) is 17.2 Å². The molecular weight excluding hydrogens is 267 g/mol. The molecule has 2 aromatic rings. The Bertz CT molecular complexity index is 668. The van der Waals surface area contributed by atoms with Gasteiger partial charge < -0.3 is 10.6 Å². The van der Waals surface area contributed by atoms with Crippen molar-refractivity contribution < 1.29 is 9.18 Å². The van der Waals surface area contributed by atoms with E-state index in [-0.39, 0.29) is 18.3 Å². The molecule has 110 valence electrons. The summed E-state index contributed by atoms with van der Waals surface area (Å²) in [6.07, 6.45) is 0. The number of rotatable bonds is 4. The number of anilines is 2. The Morgan fingerprint density at radius 1 is 0.952 bits per heavy atom. The van der Waals surface area contributed by atoms with Crippen molar-refractivity contribution in [1.82, 2.24) is 0 Å². The van der Waals surface area contributed by atoms with Crippen molar-refractivity contribution in [3.05, 3.63) is 58.9 Å². The van der Waals surface area contributed by atoms with E-state index in [9.17, 15) is 9.18 Å². The van der Waals surface area contributed by atoms with Gasteiger partial charge in [0.15, 0.2) is 0 Å². The summed E-state index contributed by atoms with van der Waals surface area (Å²) in [4.78, 5) is 11.9. The third-order valence-corrected chi connectivity index (χ3v) is 3.42. The van der Waals surface area contributed by atoms with Gasteiger partial charge in [-0.15, -0.1) is 0 Å². The Kier molecular flexibility index (Phi) is 4.58. The number of benzene rings is 2. The SMILES string of the molecule is Cc1ccc(NC(=O)CNc2ccc(C)c(F)c2)cc1C. The molecule has 3 nitrogen and oxygen atoms in total. The lowest BCUT2D eigenvalue weighted by atomic mass is 10.1. The van der Waals surface area contributed by atoms with Crippen LogP contribution in [0.2, 0.25) is 0 Å². The van der Waals surface area contributed by atoms with Gasteiger partial charge in [0.2, 0.25) is 5.91 Å². The minimum Gasteiger partial charge on any atom is -0.376 e. The fourth-order valence-corrected chi connectivity index (χ4v) is 1.91. The van der Waals surface area contributed by atoms with E-state index in [0.717, 1.165) is 11.3 Å². The second-order valence-corrected chi connectivity index (χ2v) is 5.16. The highest BCUT2D eigenvalue weighted by molar-refractivity contribution is 5.93. The fourth-order valence-electron chi connectivity index (χ4n) is 1.91. The molecule has 0 fully saturated rings. The summed E-state index contributed by atoms with van der Waals surface area (Å²) in [7, 11) is 0. The minimum atomic E-state index is -0.283. The number of aryl methyl sites for hydroxylation is 3. The van der Waals surface area contributed by atoms with Crippen molar-refractivity contribution >= 4 is 17.3 Å². The molecule has 0 spiro atoms. The zero-order valence-electron chi connectivity index (χ0n) is 12.5. The molecule has 0 atom stereocenters. The number of amides is 1. The van der Waals surface area contributed by atoms with Crippen molar-refractivity contribution in [3.8, 4) is 0 Å². The lowest BCUT2D eigenvalue weighted by Crippen LogP contribution is -2.21. The summed E-state index contributed by atoms with van der Waals surface area (Å²) in [6.45, 7) is 5.81. The second kappa shape index (κ2) is 6.39. The van der Waals surface area contributed by atoms with Crippen molar-refractivity contribution in [3.63, 3.8) is 0 Å². The summed E-state index contributed by atoms with van der Waals surface area (Å²) >= 11 is 0. The van der Waals surface area contributed by atoms with E-state index in [1.807, 2.05) is 32.0 Å². The highest BCUT2D eigenvalue weighted by Gasteiger charge is 2.04. The standard InChI is InChI=1S/C17H19FN2O/c1-11-4-7-15(8-13(11)3)20-17(21)10-19-14-6-5-12(2)16(18)9-14/h4-9,19H,10H2,1-3H3,(H,20,21). The van der Waals surface area contributed by atoms with Crippen LogP contribution < -0.4 is 10.6 Å². The van der Waals surface area contributed by atoms with E-state index in [0.29, 0.717) is 11.3 Å². The third-order valence-electron chi connectivity index (χ3n) is 3.42. The highest BCUT2D eigenvalue weighted by atomic mass is 19.1. The fraction of sp³-hybridized carbons (Fsp3) is 0.235. The molecule has 4 heteroatoms. The quantitative estimate of drug-likeness (QED) is 0.897. The number of carbonyl (C=O) groups is 1. The maximum atomic E-state index is 13.4. The van der Waals surface area contributed by atoms with Gasteiger partial charge in [0.25, 0.3) is 0 Å². The number of nitrogens with one attached hydrogen (secondary N) is 2. The first-order chi connectivity index (χ1) is 9.95. The second-order valence-electron chi connectivity index (χ2n) is 5.16. The summed E-state index contributed by atoms with van der Waals surface area (Å²) in [5.41, 5.74) is 4.25. The topological polar surface area (TPSA) is 41.1 Å². The Morgan fingerprint density at radius 2 is 1.62 bits per heavy atom. The van der Waals surface area contributed by atoms with Gasteiger partial charge in [-0.05, 0) is 61.7 Å². The molecule has 0 aromatic heterocycles. The number of halogens is 1. The van der Waals surface area contributed by atoms with Gasteiger partial charge in [0.05, 0.1) is 6.54 Å². The van der Waals surface area contributed by atoms with Gasteiger partial charge >= 0.3 is 0 Å². The average molecular weight is 286 g/mol. The zero-order chi connectivity index (χ0) is 15.4. The first-order valence-electron chi connectivity index (χ1n) is 6.83. The van der Waals surface area contributed by atoms with Crippen LogP contribution in [-0.4, -0.2) is 12.5 Å². The predicted octanol–water partition coefficient (Wildman–Crippen LogP) is 3.80. The summed E-state index contributed by atoms with van der Waals surface area (Å²) in [5, 5.41) is 5.72. The van der Waals surface area contributed by atoms with Crippen LogP contribution in [0.25, 0.3) is 0 Å². The summed E-state index contributed by atoms with van der Waals surface area (Å²) in [5.74, 6) is -0.450. The van der Waals surface area contributed by atoms with Crippen LogP contribution >= 0.6 is 0 Å². The molecule has 21 heavy (non-hydrogen) atoms. The Balaban J connectivity index is 1.92. The minimum absolute atomic E-state index is 0.0927. The molecule has 2 aromatic carbocycles. The van der Waals surface area contributed by atoms with Gasteiger partial charge in [-0.2, -0.15) is 0 Å². The largest absolute Gasteiger partial charge is 0.376 e. The molecule has 0 aliphatic rings. The van der Waals surface area contributed by atoms with Crippen LogP contribution in [0.3, 0.4) is 0 Å². The van der Waals surface area contributed by atoms with Gasteiger partial charge in [-0.25, -0.2) is 4.39 Å². The number of hydrogen-bond donors (Lipinski definition) is 2. The van der Waals surface area contributed by atoms with Crippen LogP contribution in [0.4, 0.5) is 15.8 Å². The molecular formula is C17H19FN2O. The Hall–Kier alpha value is -2.36. The highest BCUT2D eigenvalue weighted by Crippen LogP contribution is 2.15. The van der Waals surface area contributed by atoms with E-state index in [4.69, 9.17) is 0 Å². The normalized spacial score (nSPS) is 10.3. The molecule has 0 aliphatic carbocycles. The van der Waals surface area contributed by atoms with Gasteiger partial charge in [0, 0.05) is 11.4 Å². The number of carbonyl (C=O) groups excluding carboxylic acids is 1. The first kappa shape index (κ1) is 15.0. The third kappa shape index (κ3) is 4.05. The molecule has 0 unspecified atom stereocenters. The molecule has 1 amide bonds. The monoisotopic (exact) mass is 286 g/mol. The molecule has 2 N–H and O–H groups in total. The number of hydrogen-bond acceptors (Lipinski definition) is 2. The molecule has 0 heterocycles. The van der Waals surface area contributed by atoms with Crippen LogP contribution in [0.15, 0.2) is 36.4 Å². The van der Waals surface area contributed by atoms with Crippen molar-refractivity contribution in [2.45, 2.75) is 20.8 Å². The van der Waals surface area contributed by atoms with Gasteiger partial charge in [-0.1, -0.05) is 12.1 Å². The maximum absolute atomic E-state index is 13.4.